The molecule has 114 valence electrons. The Labute approximate surface area is 125 Å². The lowest BCUT2D eigenvalue weighted by Gasteiger charge is -2.10. The number of benzene rings is 1. The van der Waals surface area contributed by atoms with Crippen molar-refractivity contribution in [1.82, 2.24) is 0 Å². The van der Waals surface area contributed by atoms with Crippen LogP contribution in [-0.2, 0) is 11.3 Å². The Bertz CT molecular complexity index is 328. The zero-order valence-corrected chi connectivity index (χ0v) is 13.7. The van der Waals surface area contributed by atoms with Crippen molar-refractivity contribution in [2.45, 2.75) is 78.2 Å². The molecule has 0 amide bonds. The van der Waals surface area contributed by atoms with Crippen molar-refractivity contribution in [3.8, 4) is 0 Å². The van der Waals surface area contributed by atoms with Crippen LogP contribution in [0.2, 0.25) is 0 Å². The molecule has 0 saturated carbocycles. The number of ether oxygens (including phenoxy) is 1. The topological polar surface area (TPSA) is 9.23 Å². The Hall–Kier alpha value is -0.820. The molecule has 1 heteroatoms. The molecular formula is C19H32O. The molecule has 20 heavy (non-hydrogen) atoms. The van der Waals surface area contributed by atoms with Crippen LogP contribution >= 0.6 is 0 Å². The van der Waals surface area contributed by atoms with Gasteiger partial charge in [0.2, 0.25) is 0 Å². The highest BCUT2D eigenvalue weighted by Crippen LogP contribution is 2.19. The molecule has 1 aromatic rings. The van der Waals surface area contributed by atoms with Gasteiger partial charge in [-0.05, 0) is 29.9 Å². The third-order valence-electron chi connectivity index (χ3n) is 4.07. The lowest BCUT2D eigenvalue weighted by Crippen LogP contribution is -1.97. The summed E-state index contributed by atoms with van der Waals surface area (Å²) in [7, 11) is 0. The Morgan fingerprint density at radius 1 is 0.900 bits per heavy atom. The van der Waals surface area contributed by atoms with E-state index in [1.165, 1.54) is 56.1 Å². The number of hydrogen-bond acceptors (Lipinski definition) is 1. The highest BCUT2D eigenvalue weighted by molar-refractivity contribution is 5.24. The van der Waals surface area contributed by atoms with E-state index in [4.69, 9.17) is 4.74 Å². The molecule has 1 rings (SSSR count). The largest absolute Gasteiger partial charge is 0.377 e. The maximum atomic E-state index is 5.75. The molecule has 0 bridgehead atoms. The fraction of sp³-hybridized carbons (Fsp3) is 0.684. The summed E-state index contributed by atoms with van der Waals surface area (Å²) in [4.78, 5) is 0. The lowest BCUT2D eigenvalue weighted by molar-refractivity contribution is 0.116. The van der Waals surface area contributed by atoms with Gasteiger partial charge in [0.15, 0.2) is 0 Å². The van der Waals surface area contributed by atoms with E-state index >= 15 is 0 Å². The van der Waals surface area contributed by atoms with Crippen LogP contribution in [-0.4, -0.2) is 6.61 Å². The van der Waals surface area contributed by atoms with E-state index in [9.17, 15) is 0 Å². The molecule has 0 radical (unpaired) electrons. The van der Waals surface area contributed by atoms with Crippen molar-refractivity contribution < 1.29 is 4.74 Å². The predicted molar refractivity (Wildman–Crippen MR) is 88.2 cm³/mol. The molecule has 0 N–H and O–H groups in total. The summed E-state index contributed by atoms with van der Waals surface area (Å²) in [5.41, 5.74) is 2.73. The molecule has 0 aliphatic carbocycles. The molecule has 0 aliphatic heterocycles. The van der Waals surface area contributed by atoms with Crippen molar-refractivity contribution in [2.75, 3.05) is 6.61 Å². The normalized spacial score (nSPS) is 12.6. The smallest absolute Gasteiger partial charge is 0.0716 e. The quantitative estimate of drug-likeness (QED) is 0.445. The average Bonchev–Trinajstić information content (AvgIpc) is 2.50. The van der Waals surface area contributed by atoms with Gasteiger partial charge in [0.1, 0.15) is 0 Å². The van der Waals surface area contributed by atoms with E-state index in [1.54, 1.807) is 0 Å². The van der Waals surface area contributed by atoms with Crippen LogP contribution in [0.15, 0.2) is 24.3 Å². The standard InChI is InChI=1S/C19H32O/c1-4-6-7-8-9-10-15-20-16-18-11-13-19(14-12-18)17(3)5-2/h11-14,17H,4-10,15-16H2,1-3H3. The first-order valence-corrected chi connectivity index (χ1v) is 8.44. The third-order valence-corrected chi connectivity index (χ3v) is 4.07. The molecule has 0 spiro atoms. The van der Waals surface area contributed by atoms with Crippen molar-refractivity contribution in [3.05, 3.63) is 35.4 Å². The second-order valence-corrected chi connectivity index (χ2v) is 5.87. The van der Waals surface area contributed by atoms with Gasteiger partial charge in [0, 0.05) is 6.61 Å². The van der Waals surface area contributed by atoms with Crippen LogP contribution in [0.3, 0.4) is 0 Å². The lowest BCUT2D eigenvalue weighted by atomic mass is 9.98. The monoisotopic (exact) mass is 276 g/mol. The van der Waals surface area contributed by atoms with Crippen LogP contribution in [0, 0.1) is 0 Å². The highest BCUT2D eigenvalue weighted by Gasteiger charge is 2.02. The van der Waals surface area contributed by atoms with E-state index in [0.717, 1.165) is 13.2 Å². The number of unbranched alkanes of at least 4 members (excludes halogenated alkanes) is 5. The SMILES string of the molecule is CCCCCCCCOCc1ccc(C(C)CC)cc1. The first-order valence-electron chi connectivity index (χ1n) is 8.44. The van der Waals surface area contributed by atoms with Crippen LogP contribution in [0.25, 0.3) is 0 Å². The summed E-state index contributed by atoms with van der Waals surface area (Å²) in [6, 6.07) is 8.92. The zero-order chi connectivity index (χ0) is 14.6. The van der Waals surface area contributed by atoms with Crippen molar-refractivity contribution >= 4 is 0 Å². The van der Waals surface area contributed by atoms with Crippen molar-refractivity contribution in [3.63, 3.8) is 0 Å². The average molecular weight is 276 g/mol. The molecule has 0 aromatic heterocycles. The summed E-state index contributed by atoms with van der Waals surface area (Å²) in [5.74, 6) is 0.660. The van der Waals surface area contributed by atoms with Gasteiger partial charge in [-0.3, -0.25) is 0 Å². The first-order chi connectivity index (χ1) is 9.77. The number of rotatable bonds is 11. The zero-order valence-electron chi connectivity index (χ0n) is 13.7. The molecule has 1 nitrogen and oxygen atoms in total. The fourth-order valence-corrected chi connectivity index (χ4v) is 2.35. The third kappa shape index (κ3) is 7.09. The maximum Gasteiger partial charge on any atom is 0.0716 e. The predicted octanol–water partition coefficient (Wildman–Crippen LogP) is 6.08. The van der Waals surface area contributed by atoms with E-state index in [0.29, 0.717) is 5.92 Å². The summed E-state index contributed by atoms with van der Waals surface area (Å²) >= 11 is 0. The summed E-state index contributed by atoms with van der Waals surface area (Å²) in [6.45, 7) is 8.44. The van der Waals surface area contributed by atoms with E-state index in [-0.39, 0.29) is 0 Å². The summed E-state index contributed by atoms with van der Waals surface area (Å²) < 4.78 is 5.75. The Balaban J connectivity index is 2.10. The van der Waals surface area contributed by atoms with Gasteiger partial charge >= 0.3 is 0 Å². The summed E-state index contributed by atoms with van der Waals surface area (Å²) in [6.07, 6.45) is 9.16. The van der Waals surface area contributed by atoms with Crippen LogP contribution in [0.5, 0.6) is 0 Å². The minimum atomic E-state index is 0.660. The van der Waals surface area contributed by atoms with Gasteiger partial charge in [-0.2, -0.15) is 0 Å². The van der Waals surface area contributed by atoms with Gasteiger partial charge in [0.25, 0.3) is 0 Å². The molecule has 0 heterocycles. The molecule has 0 aliphatic rings. The fourth-order valence-electron chi connectivity index (χ4n) is 2.35. The second-order valence-electron chi connectivity index (χ2n) is 5.87. The van der Waals surface area contributed by atoms with E-state index in [1.807, 2.05) is 0 Å². The number of hydrogen-bond donors (Lipinski definition) is 0. The Morgan fingerprint density at radius 3 is 2.20 bits per heavy atom. The maximum absolute atomic E-state index is 5.75. The summed E-state index contributed by atoms with van der Waals surface area (Å²) in [5, 5.41) is 0. The molecular weight excluding hydrogens is 244 g/mol. The van der Waals surface area contributed by atoms with Crippen LogP contribution in [0.4, 0.5) is 0 Å². The molecule has 0 fully saturated rings. The van der Waals surface area contributed by atoms with Crippen molar-refractivity contribution in [2.24, 2.45) is 0 Å². The van der Waals surface area contributed by atoms with E-state index < -0.39 is 0 Å². The van der Waals surface area contributed by atoms with Crippen LogP contribution < -0.4 is 0 Å². The minimum Gasteiger partial charge on any atom is -0.377 e. The van der Waals surface area contributed by atoms with Gasteiger partial charge in [-0.25, -0.2) is 0 Å². The molecule has 1 atom stereocenters. The molecule has 1 unspecified atom stereocenters. The van der Waals surface area contributed by atoms with Gasteiger partial charge < -0.3 is 4.74 Å². The van der Waals surface area contributed by atoms with Crippen molar-refractivity contribution in [1.29, 1.82) is 0 Å². The van der Waals surface area contributed by atoms with Gasteiger partial charge in [-0.15, -0.1) is 0 Å². The second kappa shape index (κ2) is 10.9. The Morgan fingerprint density at radius 2 is 1.55 bits per heavy atom. The Kier molecular flexibility index (Phi) is 9.40. The molecule has 1 aromatic carbocycles. The first kappa shape index (κ1) is 17.2. The molecule has 0 saturated heterocycles. The van der Waals surface area contributed by atoms with Gasteiger partial charge in [-0.1, -0.05) is 77.1 Å². The highest BCUT2D eigenvalue weighted by atomic mass is 16.5. The van der Waals surface area contributed by atoms with Gasteiger partial charge in [0.05, 0.1) is 6.61 Å². The van der Waals surface area contributed by atoms with E-state index in [2.05, 4.69) is 45.0 Å². The minimum absolute atomic E-state index is 0.660. The van der Waals surface area contributed by atoms with Crippen LogP contribution in [0.1, 0.15) is 82.8 Å².